The van der Waals surface area contributed by atoms with Crippen LogP contribution in [0.25, 0.3) is 0 Å². The average molecular weight is 256 g/mol. The summed E-state index contributed by atoms with van der Waals surface area (Å²) in [5, 5.41) is 3.88. The van der Waals surface area contributed by atoms with E-state index in [2.05, 4.69) is 10.3 Å². The van der Waals surface area contributed by atoms with E-state index >= 15 is 0 Å². The fraction of sp³-hybridized carbons (Fsp3) is 0.636. The maximum Gasteiger partial charge on any atom is 0.350 e. The van der Waals surface area contributed by atoms with Crippen molar-refractivity contribution in [3.63, 3.8) is 0 Å². The Kier molecular flexibility index (Phi) is 4.33. The van der Waals surface area contributed by atoms with Crippen molar-refractivity contribution in [2.45, 2.75) is 32.4 Å². The first-order chi connectivity index (χ1) is 8.29. The number of nitrogens with one attached hydrogen (secondary N) is 1. The second-order valence-corrected chi connectivity index (χ2v) is 4.78. The van der Waals surface area contributed by atoms with Crippen LogP contribution in [-0.2, 0) is 9.47 Å². The molecule has 1 aromatic rings. The van der Waals surface area contributed by atoms with E-state index < -0.39 is 0 Å². The van der Waals surface area contributed by atoms with Crippen molar-refractivity contribution in [3.05, 3.63) is 11.1 Å². The lowest BCUT2D eigenvalue weighted by Crippen LogP contribution is -2.26. The summed E-state index contributed by atoms with van der Waals surface area (Å²) < 4.78 is 10.4. The number of rotatable bonds is 4. The smallest absolute Gasteiger partial charge is 0.350 e. The van der Waals surface area contributed by atoms with Crippen LogP contribution < -0.4 is 5.32 Å². The van der Waals surface area contributed by atoms with Gasteiger partial charge in [-0.05, 0) is 26.2 Å². The second kappa shape index (κ2) is 5.97. The Labute approximate surface area is 104 Å². The standard InChI is InChI=1S/C11H16N2O3S/c1-2-15-10(14)8-7-12-11(17-8)13-9-5-3-4-6-16-9/h7,9H,2-6H2,1H3,(H,12,13)/t9-/m0/s1. The lowest BCUT2D eigenvalue weighted by atomic mass is 10.2. The van der Waals surface area contributed by atoms with Crippen LogP contribution in [0.4, 0.5) is 5.13 Å². The Morgan fingerprint density at radius 1 is 1.71 bits per heavy atom. The van der Waals surface area contributed by atoms with Gasteiger partial charge < -0.3 is 14.8 Å². The van der Waals surface area contributed by atoms with Crippen molar-refractivity contribution in [2.24, 2.45) is 0 Å². The molecule has 1 aromatic heterocycles. The zero-order valence-corrected chi connectivity index (χ0v) is 10.6. The summed E-state index contributed by atoms with van der Waals surface area (Å²) in [4.78, 5) is 16.1. The van der Waals surface area contributed by atoms with Crippen LogP contribution in [0.3, 0.4) is 0 Å². The van der Waals surface area contributed by atoms with Gasteiger partial charge in [-0.2, -0.15) is 0 Å². The van der Waals surface area contributed by atoms with Crippen molar-refractivity contribution in [1.82, 2.24) is 4.98 Å². The SMILES string of the molecule is CCOC(=O)c1cnc(N[C@@H]2CCCCO2)s1. The van der Waals surface area contributed by atoms with E-state index in [-0.39, 0.29) is 12.2 Å². The monoisotopic (exact) mass is 256 g/mol. The molecule has 5 nitrogen and oxygen atoms in total. The number of carbonyl (C=O) groups is 1. The molecule has 0 aliphatic carbocycles. The van der Waals surface area contributed by atoms with E-state index in [4.69, 9.17) is 9.47 Å². The molecule has 0 bridgehead atoms. The third-order valence-electron chi connectivity index (χ3n) is 2.45. The normalized spacial score (nSPS) is 19.9. The minimum atomic E-state index is -0.317. The van der Waals surface area contributed by atoms with Crippen LogP contribution in [0.15, 0.2) is 6.20 Å². The molecule has 6 heteroatoms. The number of thiazole rings is 1. The second-order valence-electron chi connectivity index (χ2n) is 3.75. The van der Waals surface area contributed by atoms with Gasteiger partial charge in [0.2, 0.25) is 0 Å². The van der Waals surface area contributed by atoms with Gasteiger partial charge in [-0.3, -0.25) is 0 Å². The fourth-order valence-electron chi connectivity index (χ4n) is 1.63. The number of hydrogen-bond acceptors (Lipinski definition) is 6. The van der Waals surface area contributed by atoms with Gasteiger partial charge in [-0.25, -0.2) is 9.78 Å². The quantitative estimate of drug-likeness (QED) is 0.837. The van der Waals surface area contributed by atoms with Crippen molar-refractivity contribution >= 4 is 22.4 Å². The Morgan fingerprint density at radius 2 is 2.59 bits per heavy atom. The predicted molar refractivity (Wildman–Crippen MR) is 65.3 cm³/mol. The molecule has 17 heavy (non-hydrogen) atoms. The molecule has 1 N–H and O–H groups in total. The number of anilines is 1. The van der Waals surface area contributed by atoms with Crippen molar-refractivity contribution in [1.29, 1.82) is 0 Å². The van der Waals surface area contributed by atoms with Crippen molar-refractivity contribution in [3.8, 4) is 0 Å². The van der Waals surface area contributed by atoms with Crippen molar-refractivity contribution in [2.75, 3.05) is 18.5 Å². The average Bonchev–Trinajstić information content (AvgIpc) is 2.79. The van der Waals surface area contributed by atoms with Crippen LogP contribution in [0.1, 0.15) is 35.9 Å². The molecule has 1 saturated heterocycles. The maximum absolute atomic E-state index is 11.4. The summed E-state index contributed by atoms with van der Waals surface area (Å²) in [5.74, 6) is -0.317. The van der Waals surface area contributed by atoms with Crippen LogP contribution in [-0.4, -0.2) is 30.4 Å². The molecule has 1 atom stereocenters. The molecule has 0 amide bonds. The highest BCUT2D eigenvalue weighted by molar-refractivity contribution is 7.17. The highest BCUT2D eigenvalue weighted by atomic mass is 32.1. The third kappa shape index (κ3) is 3.41. The molecule has 1 fully saturated rings. The summed E-state index contributed by atoms with van der Waals surface area (Å²) in [6.07, 6.45) is 4.81. The summed E-state index contributed by atoms with van der Waals surface area (Å²) >= 11 is 1.30. The Balaban J connectivity index is 1.91. The molecule has 0 spiro atoms. The summed E-state index contributed by atoms with van der Waals surface area (Å²) in [6.45, 7) is 2.95. The number of esters is 1. The molecule has 2 rings (SSSR count). The lowest BCUT2D eigenvalue weighted by molar-refractivity contribution is 0.0343. The van der Waals surface area contributed by atoms with Gasteiger partial charge >= 0.3 is 5.97 Å². The summed E-state index contributed by atoms with van der Waals surface area (Å²) in [6, 6.07) is 0. The Hall–Kier alpha value is -1.14. The van der Waals surface area contributed by atoms with Gasteiger partial charge in [0.05, 0.1) is 12.8 Å². The van der Waals surface area contributed by atoms with Gasteiger partial charge in [0.15, 0.2) is 5.13 Å². The predicted octanol–water partition coefficient (Wildman–Crippen LogP) is 2.26. The van der Waals surface area contributed by atoms with E-state index in [1.54, 1.807) is 6.92 Å². The van der Waals surface area contributed by atoms with Crippen LogP contribution in [0, 0.1) is 0 Å². The first-order valence-corrected chi connectivity index (χ1v) is 6.62. The molecule has 0 aromatic carbocycles. The van der Waals surface area contributed by atoms with E-state index in [0.717, 1.165) is 25.9 Å². The molecule has 0 saturated carbocycles. The van der Waals surface area contributed by atoms with E-state index in [9.17, 15) is 4.79 Å². The number of hydrogen-bond donors (Lipinski definition) is 1. The molecular weight excluding hydrogens is 240 g/mol. The summed E-state index contributed by atoms with van der Waals surface area (Å²) in [7, 11) is 0. The van der Waals surface area contributed by atoms with Gasteiger partial charge in [0.25, 0.3) is 0 Å². The third-order valence-corrected chi connectivity index (χ3v) is 3.36. The van der Waals surface area contributed by atoms with Gasteiger partial charge in [0.1, 0.15) is 11.1 Å². The highest BCUT2D eigenvalue weighted by Gasteiger charge is 2.16. The molecular formula is C11H16N2O3S. The zero-order chi connectivity index (χ0) is 12.1. The lowest BCUT2D eigenvalue weighted by Gasteiger charge is -2.22. The number of aromatic nitrogens is 1. The van der Waals surface area contributed by atoms with Crippen LogP contribution in [0.5, 0.6) is 0 Å². The maximum atomic E-state index is 11.4. The Bertz CT molecular complexity index is 375. The molecule has 2 heterocycles. The summed E-state index contributed by atoms with van der Waals surface area (Å²) in [5.41, 5.74) is 0. The minimum absolute atomic E-state index is 0.0185. The fourth-order valence-corrected chi connectivity index (χ4v) is 2.38. The van der Waals surface area contributed by atoms with Gasteiger partial charge in [-0.1, -0.05) is 11.3 Å². The molecule has 1 aliphatic heterocycles. The van der Waals surface area contributed by atoms with Crippen LogP contribution >= 0.6 is 11.3 Å². The number of ether oxygens (including phenoxy) is 2. The molecule has 0 unspecified atom stereocenters. The topological polar surface area (TPSA) is 60.5 Å². The number of nitrogens with zero attached hydrogens (tertiary/aromatic N) is 1. The first-order valence-electron chi connectivity index (χ1n) is 5.80. The minimum Gasteiger partial charge on any atom is -0.462 e. The van der Waals surface area contributed by atoms with E-state index in [1.807, 2.05) is 0 Å². The van der Waals surface area contributed by atoms with Crippen molar-refractivity contribution < 1.29 is 14.3 Å². The number of carbonyl (C=O) groups excluding carboxylic acids is 1. The highest BCUT2D eigenvalue weighted by Crippen LogP contribution is 2.22. The zero-order valence-electron chi connectivity index (χ0n) is 9.77. The van der Waals surface area contributed by atoms with Gasteiger partial charge in [-0.15, -0.1) is 0 Å². The van der Waals surface area contributed by atoms with E-state index in [1.165, 1.54) is 17.5 Å². The molecule has 94 valence electrons. The van der Waals surface area contributed by atoms with Crippen LogP contribution in [0.2, 0.25) is 0 Å². The Morgan fingerprint density at radius 3 is 3.29 bits per heavy atom. The molecule has 0 radical (unpaired) electrons. The van der Waals surface area contributed by atoms with Gasteiger partial charge in [0, 0.05) is 6.61 Å². The first kappa shape index (κ1) is 12.3. The molecule has 1 aliphatic rings. The van der Waals surface area contributed by atoms with E-state index in [0.29, 0.717) is 16.6 Å². The largest absolute Gasteiger partial charge is 0.462 e.